The predicted octanol–water partition coefficient (Wildman–Crippen LogP) is 2.07. The molecule has 0 spiro atoms. The summed E-state index contributed by atoms with van der Waals surface area (Å²) in [5.74, 6) is 0.0465. The Hall–Kier alpha value is -1.66. The molecule has 1 aliphatic rings. The van der Waals surface area contributed by atoms with Crippen LogP contribution in [0.3, 0.4) is 0 Å². The van der Waals surface area contributed by atoms with Crippen molar-refractivity contribution in [3.05, 3.63) is 46.7 Å². The lowest BCUT2D eigenvalue weighted by atomic mass is 10.2. The van der Waals surface area contributed by atoms with Gasteiger partial charge < -0.3 is 10.2 Å². The minimum absolute atomic E-state index is 0.0465. The molecule has 1 N–H and O–H groups in total. The number of halogens is 1. The number of hydrogen-bond acceptors (Lipinski definition) is 3. The average Bonchev–Trinajstić information content (AvgIpc) is 2.97. The maximum absolute atomic E-state index is 12.6. The predicted molar refractivity (Wildman–Crippen MR) is 84.6 cm³/mol. The van der Waals surface area contributed by atoms with Gasteiger partial charge in [-0.25, -0.2) is 4.68 Å². The SMILES string of the molecule is C[C@@H]1CNCCN1C(=O)c1cnn(-c2cccc(Br)c2)c1. The third-order valence-corrected chi connectivity index (χ3v) is 4.16. The van der Waals surface area contributed by atoms with Gasteiger partial charge in [-0.2, -0.15) is 5.10 Å². The minimum atomic E-state index is 0.0465. The number of benzene rings is 1. The second kappa shape index (κ2) is 5.99. The summed E-state index contributed by atoms with van der Waals surface area (Å²) >= 11 is 3.44. The van der Waals surface area contributed by atoms with Crippen molar-refractivity contribution in [3.63, 3.8) is 0 Å². The van der Waals surface area contributed by atoms with E-state index in [1.807, 2.05) is 29.2 Å². The van der Waals surface area contributed by atoms with Gasteiger partial charge in [0.15, 0.2) is 0 Å². The van der Waals surface area contributed by atoms with Gasteiger partial charge in [0.25, 0.3) is 5.91 Å². The Morgan fingerprint density at radius 3 is 3.10 bits per heavy atom. The van der Waals surface area contributed by atoms with Crippen molar-refractivity contribution in [3.8, 4) is 5.69 Å². The molecule has 0 saturated carbocycles. The van der Waals surface area contributed by atoms with Crippen molar-refractivity contribution >= 4 is 21.8 Å². The molecule has 2 aromatic rings. The zero-order chi connectivity index (χ0) is 14.8. The number of aromatic nitrogens is 2. The van der Waals surface area contributed by atoms with Gasteiger partial charge in [0.2, 0.25) is 0 Å². The smallest absolute Gasteiger partial charge is 0.257 e. The molecule has 1 saturated heterocycles. The van der Waals surface area contributed by atoms with Crippen LogP contribution in [-0.4, -0.2) is 46.3 Å². The van der Waals surface area contributed by atoms with Crippen LogP contribution in [0.2, 0.25) is 0 Å². The van der Waals surface area contributed by atoms with E-state index in [0.29, 0.717) is 5.56 Å². The maximum atomic E-state index is 12.6. The zero-order valence-electron chi connectivity index (χ0n) is 11.8. The molecule has 0 radical (unpaired) electrons. The van der Waals surface area contributed by atoms with Crippen LogP contribution >= 0.6 is 15.9 Å². The van der Waals surface area contributed by atoms with Crippen molar-refractivity contribution in [2.45, 2.75) is 13.0 Å². The first-order chi connectivity index (χ1) is 10.1. The Labute approximate surface area is 132 Å². The summed E-state index contributed by atoms with van der Waals surface area (Å²) < 4.78 is 2.71. The number of nitrogens with one attached hydrogen (secondary N) is 1. The van der Waals surface area contributed by atoms with Crippen LogP contribution in [0.25, 0.3) is 5.69 Å². The van der Waals surface area contributed by atoms with E-state index in [9.17, 15) is 4.79 Å². The molecule has 21 heavy (non-hydrogen) atoms. The number of nitrogens with zero attached hydrogens (tertiary/aromatic N) is 3. The fourth-order valence-electron chi connectivity index (χ4n) is 2.50. The van der Waals surface area contributed by atoms with Gasteiger partial charge >= 0.3 is 0 Å². The summed E-state index contributed by atoms with van der Waals surface area (Å²) in [4.78, 5) is 14.5. The summed E-state index contributed by atoms with van der Waals surface area (Å²) in [6, 6.07) is 8.04. The van der Waals surface area contributed by atoms with Gasteiger partial charge in [-0.3, -0.25) is 4.79 Å². The Morgan fingerprint density at radius 1 is 1.48 bits per heavy atom. The lowest BCUT2D eigenvalue weighted by Crippen LogP contribution is -2.52. The maximum Gasteiger partial charge on any atom is 0.257 e. The van der Waals surface area contributed by atoms with E-state index in [0.717, 1.165) is 29.8 Å². The first kappa shape index (κ1) is 14.3. The lowest BCUT2D eigenvalue weighted by molar-refractivity contribution is 0.0656. The highest BCUT2D eigenvalue weighted by molar-refractivity contribution is 9.10. The molecule has 0 bridgehead atoms. The highest BCUT2D eigenvalue weighted by Gasteiger charge is 2.24. The number of carbonyl (C=O) groups is 1. The molecule has 1 aliphatic heterocycles. The Morgan fingerprint density at radius 2 is 2.33 bits per heavy atom. The average molecular weight is 349 g/mol. The lowest BCUT2D eigenvalue weighted by Gasteiger charge is -2.33. The Balaban J connectivity index is 1.83. The highest BCUT2D eigenvalue weighted by Crippen LogP contribution is 2.16. The van der Waals surface area contributed by atoms with Crippen LogP contribution in [0.5, 0.6) is 0 Å². The van der Waals surface area contributed by atoms with E-state index >= 15 is 0 Å². The van der Waals surface area contributed by atoms with Crippen LogP contribution in [-0.2, 0) is 0 Å². The van der Waals surface area contributed by atoms with Crippen molar-refractivity contribution in [1.29, 1.82) is 0 Å². The molecule has 1 fully saturated rings. The summed E-state index contributed by atoms with van der Waals surface area (Å²) in [5.41, 5.74) is 1.56. The van der Waals surface area contributed by atoms with Crippen molar-refractivity contribution in [2.24, 2.45) is 0 Å². The van der Waals surface area contributed by atoms with Crippen molar-refractivity contribution < 1.29 is 4.79 Å². The van der Waals surface area contributed by atoms with Crippen molar-refractivity contribution in [1.82, 2.24) is 20.0 Å². The number of piperazine rings is 1. The summed E-state index contributed by atoms with van der Waals surface area (Å²) in [5, 5.41) is 7.59. The van der Waals surface area contributed by atoms with Gasteiger partial charge in [0.05, 0.1) is 17.4 Å². The van der Waals surface area contributed by atoms with E-state index in [4.69, 9.17) is 0 Å². The number of amides is 1. The fourth-order valence-corrected chi connectivity index (χ4v) is 2.89. The monoisotopic (exact) mass is 348 g/mol. The van der Waals surface area contributed by atoms with Crippen LogP contribution in [0.15, 0.2) is 41.1 Å². The first-order valence-corrected chi connectivity index (χ1v) is 7.77. The first-order valence-electron chi connectivity index (χ1n) is 6.97. The van der Waals surface area contributed by atoms with Gasteiger partial charge in [-0.1, -0.05) is 22.0 Å². The van der Waals surface area contributed by atoms with E-state index in [-0.39, 0.29) is 11.9 Å². The van der Waals surface area contributed by atoms with E-state index in [1.165, 1.54) is 0 Å². The molecule has 110 valence electrons. The van der Waals surface area contributed by atoms with Crippen LogP contribution in [0.1, 0.15) is 17.3 Å². The summed E-state index contributed by atoms with van der Waals surface area (Å²) in [6.45, 7) is 4.48. The molecule has 6 heteroatoms. The van der Waals surface area contributed by atoms with E-state index in [2.05, 4.69) is 33.3 Å². The minimum Gasteiger partial charge on any atom is -0.333 e. The molecular formula is C15H17BrN4O. The molecule has 1 aromatic heterocycles. The van der Waals surface area contributed by atoms with Gasteiger partial charge in [0.1, 0.15) is 0 Å². The molecule has 2 heterocycles. The molecule has 3 rings (SSSR count). The quantitative estimate of drug-likeness (QED) is 0.903. The molecule has 1 amide bonds. The number of hydrogen-bond donors (Lipinski definition) is 1. The molecule has 1 atom stereocenters. The third kappa shape index (κ3) is 3.01. The third-order valence-electron chi connectivity index (χ3n) is 3.66. The molecule has 1 aromatic carbocycles. The van der Waals surface area contributed by atoms with Crippen molar-refractivity contribution in [2.75, 3.05) is 19.6 Å². The fraction of sp³-hybridized carbons (Fsp3) is 0.333. The van der Waals surface area contributed by atoms with E-state index in [1.54, 1.807) is 17.1 Å². The van der Waals surface area contributed by atoms with Gasteiger partial charge in [-0.15, -0.1) is 0 Å². The topological polar surface area (TPSA) is 50.2 Å². The standard InChI is InChI=1S/C15H17BrN4O/c1-11-8-17-5-6-19(11)15(21)12-9-18-20(10-12)14-4-2-3-13(16)7-14/h2-4,7,9-11,17H,5-6,8H2,1H3/t11-/m1/s1. The van der Waals surface area contributed by atoms with Crippen LogP contribution in [0.4, 0.5) is 0 Å². The molecule has 0 unspecified atom stereocenters. The number of carbonyl (C=O) groups excluding carboxylic acids is 1. The van der Waals surface area contributed by atoms with Crippen LogP contribution < -0.4 is 5.32 Å². The molecule has 5 nitrogen and oxygen atoms in total. The second-order valence-electron chi connectivity index (χ2n) is 5.21. The van der Waals surface area contributed by atoms with Gasteiger partial charge in [0, 0.05) is 36.3 Å². The number of rotatable bonds is 2. The largest absolute Gasteiger partial charge is 0.333 e. The highest BCUT2D eigenvalue weighted by atomic mass is 79.9. The Kier molecular flexibility index (Phi) is 4.07. The Bertz CT molecular complexity index is 655. The summed E-state index contributed by atoms with van der Waals surface area (Å²) in [7, 11) is 0. The molecular weight excluding hydrogens is 332 g/mol. The zero-order valence-corrected chi connectivity index (χ0v) is 13.4. The van der Waals surface area contributed by atoms with Gasteiger partial charge in [-0.05, 0) is 25.1 Å². The van der Waals surface area contributed by atoms with E-state index < -0.39 is 0 Å². The summed E-state index contributed by atoms with van der Waals surface area (Å²) in [6.07, 6.45) is 3.43. The second-order valence-corrected chi connectivity index (χ2v) is 6.12. The van der Waals surface area contributed by atoms with Crippen LogP contribution in [0, 0.1) is 0 Å². The normalized spacial score (nSPS) is 18.8. The molecule has 0 aliphatic carbocycles.